The third-order valence-electron chi connectivity index (χ3n) is 4.72. The van der Waals surface area contributed by atoms with Crippen molar-refractivity contribution in [1.82, 2.24) is 14.0 Å². The van der Waals surface area contributed by atoms with Gasteiger partial charge < -0.3 is 14.4 Å². The number of hydrogen-bond acceptors (Lipinski definition) is 6. The van der Waals surface area contributed by atoms with Crippen LogP contribution in [0.3, 0.4) is 0 Å². The molecule has 1 aliphatic heterocycles. The standard InChI is InChI=1S/C20H22N4O5/c1-3-22(11-15-13-28-16-7-5-6-8-17(16)29-15)18(25)12-24-19(26)14(9-21)10-23(4-2)20(24)27/h5-8,10,15H,3-4,11-13H2,1-2H3/t15-/m1/s1. The Morgan fingerprint density at radius 2 is 2.00 bits per heavy atom. The van der Waals surface area contributed by atoms with E-state index in [9.17, 15) is 14.4 Å². The molecule has 152 valence electrons. The van der Waals surface area contributed by atoms with E-state index in [1.165, 1.54) is 15.7 Å². The highest BCUT2D eigenvalue weighted by Crippen LogP contribution is 2.30. The normalized spacial score (nSPS) is 14.9. The number of benzene rings is 1. The second-order valence-corrected chi connectivity index (χ2v) is 6.54. The number of hydrogen-bond donors (Lipinski definition) is 0. The summed E-state index contributed by atoms with van der Waals surface area (Å²) < 4.78 is 13.6. The van der Waals surface area contributed by atoms with Crippen molar-refractivity contribution in [2.45, 2.75) is 33.0 Å². The fourth-order valence-corrected chi connectivity index (χ4v) is 3.14. The molecule has 2 heterocycles. The summed E-state index contributed by atoms with van der Waals surface area (Å²) in [5, 5.41) is 9.14. The van der Waals surface area contributed by atoms with Gasteiger partial charge in [0.25, 0.3) is 5.56 Å². The first-order chi connectivity index (χ1) is 14.0. The molecule has 0 fully saturated rings. The number of carbonyl (C=O) groups is 1. The minimum atomic E-state index is -0.766. The fourth-order valence-electron chi connectivity index (χ4n) is 3.14. The monoisotopic (exact) mass is 398 g/mol. The molecule has 2 aromatic rings. The van der Waals surface area contributed by atoms with E-state index < -0.39 is 23.7 Å². The van der Waals surface area contributed by atoms with E-state index in [4.69, 9.17) is 14.7 Å². The highest BCUT2D eigenvalue weighted by Gasteiger charge is 2.25. The van der Waals surface area contributed by atoms with Gasteiger partial charge in [-0.15, -0.1) is 0 Å². The number of para-hydroxylation sites is 2. The van der Waals surface area contributed by atoms with Crippen molar-refractivity contribution in [3.05, 3.63) is 56.9 Å². The second-order valence-electron chi connectivity index (χ2n) is 6.54. The number of aryl methyl sites for hydroxylation is 1. The Hall–Kier alpha value is -3.54. The van der Waals surface area contributed by atoms with E-state index >= 15 is 0 Å². The predicted octanol–water partition coefficient (Wildman–Crippen LogP) is 0.590. The van der Waals surface area contributed by atoms with Crippen molar-refractivity contribution in [3.63, 3.8) is 0 Å². The van der Waals surface area contributed by atoms with Gasteiger partial charge in [0.1, 0.15) is 24.8 Å². The highest BCUT2D eigenvalue weighted by atomic mass is 16.6. The lowest BCUT2D eigenvalue weighted by atomic mass is 10.2. The summed E-state index contributed by atoms with van der Waals surface area (Å²) in [4.78, 5) is 39.1. The Balaban J connectivity index is 1.77. The Morgan fingerprint density at radius 3 is 2.66 bits per heavy atom. The smallest absolute Gasteiger partial charge is 0.331 e. The van der Waals surface area contributed by atoms with Gasteiger partial charge in [0, 0.05) is 19.3 Å². The van der Waals surface area contributed by atoms with Gasteiger partial charge in [-0.1, -0.05) is 12.1 Å². The first kappa shape index (κ1) is 20.2. The zero-order valence-corrected chi connectivity index (χ0v) is 16.3. The number of amides is 1. The van der Waals surface area contributed by atoms with Gasteiger partial charge in [-0.2, -0.15) is 5.26 Å². The maximum Gasteiger partial charge on any atom is 0.331 e. The third kappa shape index (κ3) is 4.16. The Morgan fingerprint density at radius 1 is 1.28 bits per heavy atom. The molecule has 0 aliphatic carbocycles. The second kappa shape index (κ2) is 8.65. The van der Waals surface area contributed by atoms with E-state index in [1.807, 2.05) is 18.2 Å². The van der Waals surface area contributed by atoms with Crippen LogP contribution in [0.5, 0.6) is 11.5 Å². The molecule has 29 heavy (non-hydrogen) atoms. The summed E-state index contributed by atoms with van der Waals surface area (Å²) in [7, 11) is 0. The van der Waals surface area contributed by atoms with Gasteiger partial charge in [0.2, 0.25) is 5.91 Å². The summed E-state index contributed by atoms with van der Waals surface area (Å²) in [6, 6.07) is 9.06. The summed E-state index contributed by atoms with van der Waals surface area (Å²) in [6.07, 6.45) is 0.844. The molecule has 1 atom stereocenters. The molecule has 9 nitrogen and oxygen atoms in total. The minimum absolute atomic E-state index is 0.178. The fraction of sp³-hybridized carbons (Fsp3) is 0.400. The van der Waals surface area contributed by atoms with E-state index in [0.717, 1.165) is 4.57 Å². The number of ether oxygens (including phenoxy) is 2. The van der Waals surface area contributed by atoms with Crippen LogP contribution in [-0.4, -0.2) is 45.7 Å². The van der Waals surface area contributed by atoms with Crippen LogP contribution in [0.2, 0.25) is 0 Å². The third-order valence-corrected chi connectivity index (χ3v) is 4.72. The lowest BCUT2D eigenvalue weighted by molar-refractivity contribution is -0.133. The van der Waals surface area contributed by atoms with E-state index in [1.54, 1.807) is 26.0 Å². The lowest BCUT2D eigenvalue weighted by Gasteiger charge is -2.31. The first-order valence-electron chi connectivity index (χ1n) is 9.39. The Kier molecular flexibility index (Phi) is 6.02. The van der Waals surface area contributed by atoms with Gasteiger partial charge in [-0.25, -0.2) is 9.36 Å². The molecule has 1 aliphatic rings. The summed E-state index contributed by atoms with van der Waals surface area (Å²) in [5.41, 5.74) is -1.56. The summed E-state index contributed by atoms with van der Waals surface area (Å²) in [6.45, 7) is 4.27. The molecule has 0 N–H and O–H groups in total. The van der Waals surface area contributed by atoms with Gasteiger partial charge in [-0.3, -0.25) is 14.2 Å². The predicted molar refractivity (Wildman–Crippen MR) is 104 cm³/mol. The molecule has 9 heteroatoms. The number of carbonyl (C=O) groups excluding carboxylic acids is 1. The van der Waals surface area contributed by atoms with Crippen molar-refractivity contribution in [2.24, 2.45) is 0 Å². The zero-order valence-electron chi connectivity index (χ0n) is 16.3. The maximum atomic E-state index is 12.8. The SMILES string of the molecule is CCN(C[C@@H]1COc2ccccc2O1)C(=O)Cn1c(=O)c(C#N)cn(CC)c1=O. The van der Waals surface area contributed by atoms with Crippen LogP contribution in [-0.2, 0) is 17.9 Å². The van der Waals surface area contributed by atoms with Crippen molar-refractivity contribution in [2.75, 3.05) is 19.7 Å². The molecule has 0 bridgehead atoms. The van der Waals surface area contributed by atoms with E-state index in [0.29, 0.717) is 18.0 Å². The number of rotatable bonds is 6. The molecule has 0 saturated heterocycles. The number of aromatic nitrogens is 2. The van der Waals surface area contributed by atoms with Crippen LogP contribution >= 0.6 is 0 Å². The highest BCUT2D eigenvalue weighted by molar-refractivity contribution is 5.76. The molecule has 3 rings (SSSR count). The number of nitrogens with zero attached hydrogens (tertiary/aromatic N) is 4. The average molecular weight is 398 g/mol. The van der Waals surface area contributed by atoms with Gasteiger partial charge in [0.15, 0.2) is 17.6 Å². The molecule has 0 saturated carbocycles. The first-order valence-corrected chi connectivity index (χ1v) is 9.39. The van der Waals surface area contributed by atoms with Crippen LogP contribution in [0.25, 0.3) is 0 Å². The average Bonchev–Trinajstić information content (AvgIpc) is 2.74. The minimum Gasteiger partial charge on any atom is -0.486 e. The number of nitriles is 1. The molecule has 0 unspecified atom stereocenters. The molecular weight excluding hydrogens is 376 g/mol. The Labute approximate surface area is 167 Å². The molecular formula is C20H22N4O5. The zero-order chi connectivity index (χ0) is 21.0. The van der Waals surface area contributed by atoms with Gasteiger partial charge in [-0.05, 0) is 26.0 Å². The van der Waals surface area contributed by atoms with Crippen molar-refractivity contribution in [1.29, 1.82) is 5.26 Å². The van der Waals surface area contributed by atoms with Crippen molar-refractivity contribution < 1.29 is 14.3 Å². The summed E-state index contributed by atoms with van der Waals surface area (Å²) >= 11 is 0. The van der Waals surface area contributed by atoms with Crippen LogP contribution in [0, 0.1) is 11.3 Å². The Bertz CT molecular complexity index is 1070. The molecule has 0 spiro atoms. The topological polar surface area (TPSA) is 107 Å². The maximum absolute atomic E-state index is 12.8. The number of likely N-dealkylation sites (N-methyl/N-ethyl adjacent to an activating group) is 1. The summed E-state index contributed by atoms with van der Waals surface area (Å²) in [5.74, 6) is 0.848. The van der Waals surface area contributed by atoms with Gasteiger partial charge >= 0.3 is 5.69 Å². The number of fused-ring (bicyclic) bond motifs is 1. The van der Waals surface area contributed by atoms with Crippen LogP contribution in [0.4, 0.5) is 0 Å². The quantitative estimate of drug-likeness (QED) is 0.705. The van der Waals surface area contributed by atoms with E-state index in [-0.39, 0.29) is 31.4 Å². The van der Waals surface area contributed by atoms with Gasteiger partial charge in [0.05, 0.1) is 6.54 Å². The molecule has 1 aromatic heterocycles. The molecule has 0 radical (unpaired) electrons. The van der Waals surface area contributed by atoms with Crippen LogP contribution in [0.1, 0.15) is 19.4 Å². The molecule has 1 aromatic carbocycles. The van der Waals surface area contributed by atoms with Crippen molar-refractivity contribution >= 4 is 5.91 Å². The van der Waals surface area contributed by atoms with Crippen molar-refractivity contribution in [3.8, 4) is 17.6 Å². The van der Waals surface area contributed by atoms with Crippen LogP contribution in [0.15, 0.2) is 40.1 Å². The molecule has 1 amide bonds. The van der Waals surface area contributed by atoms with Crippen LogP contribution < -0.4 is 20.7 Å². The van der Waals surface area contributed by atoms with E-state index in [2.05, 4.69) is 0 Å². The lowest BCUT2D eigenvalue weighted by Crippen LogP contribution is -2.48. The largest absolute Gasteiger partial charge is 0.486 e.